The fourth-order valence-electron chi connectivity index (χ4n) is 1.82. The van der Waals surface area contributed by atoms with Gasteiger partial charge in [0, 0.05) is 16.1 Å². The zero-order chi connectivity index (χ0) is 15.4. The van der Waals surface area contributed by atoms with Crippen molar-refractivity contribution >= 4 is 23.2 Å². The number of benzene rings is 2. The molecule has 0 saturated heterocycles. The summed E-state index contributed by atoms with van der Waals surface area (Å²) in [4.78, 5) is 24.2. The molecule has 0 fully saturated rings. The predicted octanol–water partition coefficient (Wildman–Crippen LogP) is 4.19. The van der Waals surface area contributed by atoms with E-state index < -0.39 is 11.6 Å². The first-order chi connectivity index (χ1) is 9.97. The van der Waals surface area contributed by atoms with Crippen LogP contribution in [-0.4, -0.2) is 17.7 Å². The molecule has 3 nitrogen and oxygen atoms in total. The highest BCUT2D eigenvalue weighted by Gasteiger charge is 2.18. The van der Waals surface area contributed by atoms with Gasteiger partial charge >= 0.3 is 0 Å². The highest BCUT2D eigenvalue weighted by atomic mass is 35.5. The van der Waals surface area contributed by atoms with Crippen LogP contribution in [0.1, 0.15) is 34.6 Å². The number of hydrogen-bond acceptors (Lipinski definition) is 3. The fraction of sp³-hybridized carbons (Fsp3) is 0.176. The Morgan fingerprint density at radius 3 is 1.71 bits per heavy atom. The number of carbonyl (C=O) groups excluding carboxylic acids is 2. The molecule has 0 aromatic heterocycles. The molecule has 0 unspecified atom stereocenters. The lowest BCUT2D eigenvalue weighted by Crippen LogP contribution is -2.14. The zero-order valence-corrected chi connectivity index (χ0v) is 12.6. The number of Topliss-reactive ketones (excluding diaryl/α,β-unsaturated/α-hetero) is 2. The van der Waals surface area contributed by atoms with Gasteiger partial charge in [0.25, 0.3) is 0 Å². The molecular weight excluding hydrogens is 288 g/mol. The molecule has 0 radical (unpaired) electrons. The van der Waals surface area contributed by atoms with E-state index in [1.54, 1.807) is 48.5 Å². The molecule has 2 aromatic rings. The maximum atomic E-state index is 12.1. The third kappa shape index (κ3) is 3.92. The molecule has 0 amide bonds. The van der Waals surface area contributed by atoms with Crippen molar-refractivity contribution in [2.24, 2.45) is 0 Å². The van der Waals surface area contributed by atoms with Crippen LogP contribution in [0.25, 0.3) is 0 Å². The van der Waals surface area contributed by atoms with Crippen LogP contribution in [0.15, 0.2) is 48.5 Å². The molecule has 108 valence electrons. The Hall–Kier alpha value is -2.13. The lowest BCUT2D eigenvalue weighted by atomic mass is 10.0. The van der Waals surface area contributed by atoms with Crippen LogP contribution in [-0.2, 0) is 0 Å². The Morgan fingerprint density at radius 1 is 0.857 bits per heavy atom. The van der Waals surface area contributed by atoms with Crippen molar-refractivity contribution in [3.63, 3.8) is 0 Å². The molecule has 2 aromatic carbocycles. The van der Waals surface area contributed by atoms with Gasteiger partial charge in [-0.25, -0.2) is 0 Å². The Labute approximate surface area is 128 Å². The van der Waals surface area contributed by atoms with E-state index in [1.807, 2.05) is 13.8 Å². The highest BCUT2D eigenvalue weighted by molar-refractivity contribution is 6.49. The Balaban J connectivity index is 2.15. The van der Waals surface area contributed by atoms with Crippen LogP contribution in [0.4, 0.5) is 0 Å². The molecule has 0 heterocycles. The summed E-state index contributed by atoms with van der Waals surface area (Å²) >= 11 is 5.76. The van der Waals surface area contributed by atoms with E-state index in [2.05, 4.69) is 0 Å². The summed E-state index contributed by atoms with van der Waals surface area (Å²) in [5, 5.41) is 0.522. The van der Waals surface area contributed by atoms with Gasteiger partial charge in [-0.3, -0.25) is 9.59 Å². The normalized spacial score (nSPS) is 10.5. The topological polar surface area (TPSA) is 43.4 Å². The first-order valence-corrected chi connectivity index (χ1v) is 6.96. The van der Waals surface area contributed by atoms with Crippen LogP contribution in [0.2, 0.25) is 5.02 Å². The van der Waals surface area contributed by atoms with Crippen LogP contribution in [0, 0.1) is 0 Å². The molecule has 4 heteroatoms. The number of ketones is 2. The quantitative estimate of drug-likeness (QED) is 0.614. The average molecular weight is 303 g/mol. The van der Waals surface area contributed by atoms with E-state index >= 15 is 0 Å². The summed E-state index contributed by atoms with van der Waals surface area (Å²) < 4.78 is 5.50. The molecule has 0 N–H and O–H groups in total. The van der Waals surface area contributed by atoms with E-state index in [9.17, 15) is 9.59 Å². The van der Waals surface area contributed by atoms with Crippen LogP contribution in [0.5, 0.6) is 5.75 Å². The smallest absolute Gasteiger partial charge is 0.233 e. The SMILES string of the molecule is CC(C)Oc1ccc(C(=O)C(=O)c2ccc(Cl)cc2)cc1. The lowest BCUT2D eigenvalue weighted by molar-refractivity contribution is 0.0817. The van der Waals surface area contributed by atoms with Gasteiger partial charge in [0.1, 0.15) is 5.75 Å². The van der Waals surface area contributed by atoms with Crippen molar-refractivity contribution in [3.05, 3.63) is 64.7 Å². The second-order valence-corrected chi connectivity index (χ2v) is 5.29. The summed E-state index contributed by atoms with van der Waals surface area (Å²) in [5.74, 6) is -0.432. The molecule has 21 heavy (non-hydrogen) atoms. The van der Waals surface area contributed by atoms with Gasteiger partial charge in [-0.2, -0.15) is 0 Å². The molecular formula is C17H15ClO3. The third-order valence-corrected chi connectivity index (χ3v) is 3.05. The van der Waals surface area contributed by atoms with Crippen molar-refractivity contribution in [1.82, 2.24) is 0 Å². The Bertz CT molecular complexity index is 643. The molecule has 0 saturated carbocycles. The largest absolute Gasteiger partial charge is 0.491 e. The third-order valence-electron chi connectivity index (χ3n) is 2.80. The number of rotatable bonds is 5. The van der Waals surface area contributed by atoms with Crippen molar-refractivity contribution in [3.8, 4) is 5.75 Å². The molecule has 2 rings (SSSR count). The summed E-state index contributed by atoms with van der Waals surface area (Å²) in [7, 11) is 0. The van der Waals surface area contributed by atoms with Gasteiger partial charge in [0.05, 0.1) is 6.10 Å². The van der Waals surface area contributed by atoms with Crippen molar-refractivity contribution in [1.29, 1.82) is 0 Å². The molecule has 0 aliphatic rings. The van der Waals surface area contributed by atoms with Gasteiger partial charge in [0.15, 0.2) is 0 Å². The summed E-state index contributed by atoms with van der Waals surface area (Å²) in [5.41, 5.74) is 0.665. The number of hydrogen-bond donors (Lipinski definition) is 0. The minimum absolute atomic E-state index is 0.0576. The van der Waals surface area contributed by atoms with Gasteiger partial charge in [0.2, 0.25) is 11.6 Å². The molecule has 0 aliphatic heterocycles. The van der Waals surface area contributed by atoms with Crippen molar-refractivity contribution < 1.29 is 14.3 Å². The summed E-state index contributed by atoms with van der Waals surface area (Å²) in [6.45, 7) is 3.84. The fourth-order valence-corrected chi connectivity index (χ4v) is 1.95. The minimum atomic E-state index is -0.552. The zero-order valence-electron chi connectivity index (χ0n) is 11.8. The van der Waals surface area contributed by atoms with Crippen LogP contribution in [0.3, 0.4) is 0 Å². The number of ether oxygens (including phenoxy) is 1. The summed E-state index contributed by atoms with van der Waals surface area (Å²) in [6, 6.07) is 12.8. The standard InChI is InChI=1S/C17H15ClO3/c1-11(2)21-15-9-5-13(6-10-15)17(20)16(19)12-3-7-14(18)8-4-12/h3-11H,1-2H3. The lowest BCUT2D eigenvalue weighted by Gasteiger charge is -2.09. The monoisotopic (exact) mass is 302 g/mol. The number of halogens is 1. The van der Waals surface area contributed by atoms with Gasteiger partial charge in [-0.05, 0) is 62.4 Å². The van der Waals surface area contributed by atoms with E-state index in [0.717, 1.165) is 0 Å². The van der Waals surface area contributed by atoms with E-state index in [4.69, 9.17) is 16.3 Å². The molecule has 0 aliphatic carbocycles. The van der Waals surface area contributed by atoms with Gasteiger partial charge < -0.3 is 4.74 Å². The maximum absolute atomic E-state index is 12.1. The maximum Gasteiger partial charge on any atom is 0.233 e. The highest BCUT2D eigenvalue weighted by Crippen LogP contribution is 2.16. The van der Waals surface area contributed by atoms with Crippen LogP contribution >= 0.6 is 11.6 Å². The molecule has 0 atom stereocenters. The average Bonchev–Trinajstić information content (AvgIpc) is 2.47. The van der Waals surface area contributed by atoms with E-state index in [-0.39, 0.29) is 6.10 Å². The summed E-state index contributed by atoms with van der Waals surface area (Å²) in [6.07, 6.45) is 0.0576. The molecule has 0 spiro atoms. The van der Waals surface area contributed by atoms with Gasteiger partial charge in [-0.1, -0.05) is 11.6 Å². The first kappa shape index (κ1) is 15.3. The first-order valence-electron chi connectivity index (χ1n) is 6.58. The van der Waals surface area contributed by atoms with E-state index in [1.165, 1.54) is 0 Å². The van der Waals surface area contributed by atoms with Crippen molar-refractivity contribution in [2.75, 3.05) is 0 Å². The van der Waals surface area contributed by atoms with E-state index in [0.29, 0.717) is 21.9 Å². The second kappa shape index (κ2) is 6.55. The minimum Gasteiger partial charge on any atom is -0.491 e. The Kier molecular flexibility index (Phi) is 4.76. The van der Waals surface area contributed by atoms with Crippen molar-refractivity contribution in [2.45, 2.75) is 20.0 Å². The second-order valence-electron chi connectivity index (χ2n) is 4.86. The Morgan fingerprint density at radius 2 is 1.29 bits per heavy atom. The van der Waals surface area contributed by atoms with Gasteiger partial charge in [-0.15, -0.1) is 0 Å². The predicted molar refractivity (Wildman–Crippen MR) is 82.3 cm³/mol. The molecule has 0 bridgehead atoms. The van der Waals surface area contributed by atoms with Crippen LogP contribution < -0.4 is 4.74 Å². The number of carbonyl (C=O) groups is 2.